The van der Waals surface area contributed by atoms with E-state index >= 15 is 0 Å². The topological polar surface area (TPSA) is 85.3 Å². The number of aromatic nitrogens is 3. The first-order valence-electron chi connectivity index (χ1n) is 9.41. The smallest absolute Gasteiger partial charge is 0.280 e. The van der Waals surface area contributed by atoms with Crippen LogP contribution in [0.4, 0.5) is 13.2 Å². The predicted octanol–water partition coefficient (Wildman–Crippen LogP) is 3.87. The molecule has 3 aromatic heterocycles. The molecular formula is C20H20F3N5OS. The fourth-order valence-corrected chi connectivity index (χ4v) is 4.56. The molecule has 2 atom stereocenters. The highest BCUT2D eigenvalue weighted by atomic mass is 32.1. The molecule has 3 heterocycles. The summed E-state index contributed by atoms with van der Waals surface area (Å²) in [5.41, 5.74) is 8.13. The zero-order valence-corrected chi connectivity index (χ0v) is 17.0. The molecule has 1 aliphatic carbocycles. The summed E-state index contributed by atoms with van der Waals surface area (Å²) in [6, 6.07) is 0.584. The number of nitrogens with zero attached hydrogens (tertiary/aromatic N) is 3. The molecule has 6 nitrogen and oxygen atoms in total. The molecule has 0 unspecified atom stereocenters. The number of rotatable bonds is 4. The fourth-order valence-electron chi connectivity index (χ4n) is 3.66. The van der Waals surface area contributed by atoms with Crippen LogP contribution in [0.15, 0.2) is 31.1 Å². The Bertz CT molecular complexity index is 1140. The van der Waals surface area contributed by atoms with Gasteiger partial charge in [0.25, 0.3) is 11.8 Å². The molecule has 1 fully saturated rings. The third-order valence-electron chi connectivity index (χ3n) is 5.16. The van der Waals surface area contributed by atoms with Crippen LogP contribution < -0.4 is 11.1 Å². The minimum atomic E-state index is -3.07. The molecule has 3 N–H and O–H groups in total. The van der Waals surface area contributed by atoms with E-state index in [2.05, 4.69) is 22.0 Å². The van der Waals surface area contributed by atoms with Crippen molar-refractivity contribution in [1.29, 1.82) is 0 Å². The third kappa shape index (κ3) is 3.61. The highest BCUT2D eigenvalue weighted by Gasteiger charge is 2.46. The van der Waals surface area contributed by atoms with Gasteiger partial charge in [-0.3, -0.25) is 4.79 Å². The second kappa shape index (κ2) is 7.51. The van der Waals surface area contributed by atoms with Crippen LogP contribution in [0, 0.1) is 5.82 Å². The largest absolute Gasteiger partial charge is 0.340 e. The van der Waals surface area contributed by atoms with Crippen molar-refractivity contribution < 1.29 is 18.0 Å². The summed E-state index contributed by atoms with van der Waals surface area (Å²) in [6.07, 6.45) is 3.16. The molecule has 0 radical (unpaired) electrons. The van der Waals surface area contributed by atoms with Gasteiger partial charge in [0.1, 0.15) is 11.9 Å². The van der Waals surface area contributed by atoms with E-state index in [0.717, 1.165) is 11.3 Å². The van der Waals surface area contributed by atoms with Crippen LogP contribution in [0.25, 0.3) is 22.3 Å². The number of fused-ring (bicyclic) bond motifs is 1. The second-order valence-corrected chi connectivity index (χ2v) is 8.48. The van der Waals surface area contributed by atoms with E-state index in [0.29, 0.717) is 40.1 Å². The lowest BCUT2D eigenvalue weighted by molar-refractivity contribution is -0.0674. The lowest BCUT2D eigenvalue weighted by Gasteiger charge is -2.36. The van der Waals surface area contributed by atoms with Crippen LogP contribution in [-0.4, -0.2) is 38.5 Å². The van der Waals surface area contributed by atoms with E-state index in [-0.39, 0.29) is 11.4 Å². The zero-order valence-electron chi connectivity index (χ0n) is 16.2. The van der Waals surface area contributed by atoms with E-state index in [4.69, 9.17) is 5.73 Å². The maximum Gasteiger partial charge on any atom is 0.280 e. The fraction of sp³-hybridized carbons (Fsp3) is 0.350. The zero-order chi connectivity index (χ0) is 21.6. The first-order valence-corrected chi connectivity index (χ1v) is 10.2. The van der Waals surface area contributed by atoms with Crippen LogP contribution in [-0.2, 0) is 0 Å². The van der Waals surface area contributed by atoms with Crippen LogP contribution in [0.1, 0.15) is 40.9 Å². The van der Waals surface area contributed by atoms with Crippen molar-refractivity contribution in [3.05, 3.63) is 46.8 Å². The van der Waals surface area contributed by atoms with Gasteiger partial charge in [-0.1, -0.05) is 6.58 Å². The van der Waals surface area contributed by atoms with Gasteiger partial charge in [-0.2, -0.15) is 5.10 Å². The van der Waals surface area contributed by atoms with E-state index in [1.807, 2.05) is 0 Å². The van der Waals surface area contributed by atoms with Crippen molar-refractivity contribution in [2.75, 3.05) is 0 Å². The number of allylic oxidation sites excluding steroid dienone is 1. The highest BCUT2D eigenvalue weighted by Crippen LogP contribution is 2.36. The molecule has 1 saturated carbocycles. The number of halogens is 3. The Morgan fingerprint density at radius 2 is 2.20 bits per heavy atom. The summed E-state index contributed by atoms with van der Waals surface area (Å²) < 4.78 is 43.4. The molecule has 3 aromatic rings. The molecule has 1 amide bonds. The Morgan fingerprint density at radius 1 is 1.43 bits per heavy atom. The van der Waals surface area contributed by atoms with E-state index in [9.17, 15) is 18.0 Å². The summed E-state index contributed by atoms with van der Waals surface area (Å²) in [4.78, 5) is 17.8. The molecular weight excluding hydrogens is 415 g/mol. The predicted molar refractivity (Wildman–Crippen MR) is 109 cm³/mol. The number of amides is 1. The van der Waals surface area contributed by atoms with Gasteiger partial charge in [0.2, 0.25) is 0 Å². The first-order chi connectivity index (χ1) is 14.2. The molecule has 158 valence electrons. The number of thiazole rings is 1. The van der Waals surface area contributed by atoms with E-state index in [1.165, 1.54) is 23.0 Å². The maximum atomic E-state index is 14.3. The van der Waals surface area contributed by atoms with Crippen LogP contribution in [0.3, 0.4) is 0 Å². The van der Waals surface area contributed by atoms with Crippen molar-refractivity contribution >= 4 is 28.3 Å². The highest BCUT2D eigenvalue weighted by molar-refractivity contribution is 7.15. The Hall–Kier alpha value is -2.72. The summed E-state index contributed by atoms with van der Waals surface area (Å²) in [6.45, 7) is 5.68. The van der Waals surface area contributed by atoms with Crippen molar-refractivity contribution in [2.24, 2.45) is 5.73 Å². The number of hydrogen-bond donors (Lipinski definition) is 2. The summed E-state index contributed by atoms with van der Waals surface area (Å²) >= 11 is 1.06. The summed E-state index contributed by atoms with van der Waals surface area (Å²) in [5.74, 6) is -4.23. The van der Waals surface area contributed by atoms with Gasteiger partial charge < -0.3 is 11.1 Å². The monoisotopic (exact) mass is 435 g/mol. The maximum absolute atomic E-state index is 14.3. The molecule has 0 bridgehead atoms. The summed E-state index contributed by atoms with van der Waals surface area (Å²) in [5, 5.41) is 6.53. The number of nitrogens with two attached hydrogens (primary N) is 1. The van der Waals surface area contributed by atoms with Crippen LogP contribution in [0.5, 0.6) is 0 Å². The average molecular weight is 435 g/mol. The number of carbonyl (C=O) groups excluding carboxylic acids is 1. The molecule has 0 spiro atoms. The molecule has 0 aliphatic heterocycles. The van der Waals surface area contributed by atoms with Gasteiger partial charge in [0.05, 0.1) is 28.5 Å². The number of carbonyl (C=O) groups is 1. The van der Waals surface area contributed by atoms with Gasteiger partial charge >= 0.3 is 0 Å². The quantitative estimate of drug-likeness (QED) is 0.651. The Kier molecular flexibility index (Phi) is 5.15. The standard InChI is InChI=1S/C20H20F3N5OS/c1-10(2)16-15(12-8-25-28-9-11(21)5-6-14(12)28)26-19(30-16)18(29)27-17-13(24)4-3-7-20(17,22)23/h5-6,8-9,13,17H,1,3-4,7,24H2,2H3,(H,27,29)/t13-,17+/m0/s1. The van der Waals surface area contributed by atoms with Crippen molar-refractivity contribution in [2.45, 2.75) is 44.2 Å². The molecule has 4 rings (SSSR count). The Labute approximate surface area is 174 Å². The van der Waals surface area contributed by atoms with Crippen molar-refractivity contribution in [1.82, 2.24) is 19.9 Å². The van der Waals surface area contributed by atoms with Crippen LogP contribution >= 0.6 is 11.3 Å². The molecule has 0 aromatic carbocycles. The average Bonchev–Trinajstić information content (AvgIpc) is 3.28. The van der Waals surface area contributed by atoms with Gasteiger partial charge in [-0.05, 0) is 37.5 Å². The van der Waals surface area contributed by atoms with Crippen molar-refractivity contribution in [3.63, 3.8) is 0 Å². The number of pyridine rings is 1. The lowest BCUT2D eigenvalue weighted by Crippen LogP contribution is -2.59. The minimum Gasteiger partial charge on any atom is -0.340 e. The molecule has 10 heteroatoms. The second-order valence-electron chi connectivity index (χ2n) is 7.48. The first kappa shape index (κ1) is 20.5. The van der Waals surface area contributed by atoms with E-state index in [1.54, 1.807) is 13.0 Å². The number of alkyl halides is 2. The summed E-state index contributed by atoms with van der Waals surface area (Å²) in [7, 11) is 0. The van der Waals surface area contributed by atoms with Gasteiger partial charge in [-0.25, -0.2) is 22.7 Å². The molecule has 0 saturated heterocycles. The third-order valence-corrected chi connectivity index (χ3v) is 6.38. The normalized spacial score (nSPS) is 21.0. The minimum absolute atomic E-state index is 0.0260. The van der Waals surface area contributed by atoms with Gasteiger partial charge in [0, 0.05) is 18.0 Å². The van der Waals surface area contributed by atoms with Gasteiger partial charge in [0.15, 0.2) is 5.01 Å². The lowest BCUT2D eigenvalue weighted by atomic mass is 9.87. The Morgan fingerprint density at radius 3 is 2.90 bits per heavy atom. The molecule has 1 aliphatic rings. The van der Waals surface area contributed by atoms with Crippen LogP contribution in [0.2, 0.25) is 0 Å². The van der Waals surface area contributed by atoms with Gasteiger partial charge in [-0.15, -0.1) is 11.3 Å². The SMILES string of the molecule is C=C(C)c1sc(C(=O)N[C@@H]2[C@@H](N)CCCC2(F)F)nc1-c1cnn2cc(F)ccc12. The van der Waals surface area contributed by atoms with Crippen molar-refractivity contribution in [3.8, 4) is 11.3 Å². The Balaban J connectivity index is 1.70. The number of hydrogen-bond acceptors (Lipinski definition) is 5. The van der Waals surface area contributed by atoms with E-state index < -0.39 is 29.7 Å². The molecule has 30 heavy (non-hydrogen) atoms. The number of nitrogens with one attached hydrogen (secondary N) is 1.